The predicted octanol–water partition coefficient (Wildman–Crippen LogP) is 1.60. The molecule has 7 nitrogen and oxygen atoms in total. The summed E-state index contributed by atoms with van der Waals surface area (Å²) in [6.45, 7) is -0.139. The molecule has 1 aromatic heterocycles. The second-order valence-electron chi connectivity index (χ2n) is 5.34. The monoisotopic (exact) mass is 341 g/mol. The van der Waals surface area contributed by atoms with E-state index >= 15 is 0 Å². The summed E-state index contributed by atoms with van der Waals surface area (Å²) in [5, 5.41) is 0. The van der Waals surface area contributed by atoms with Crippen LogP contribution < -0.4 is 4.90 Å². The molecule has 2 rings (SSSR count). The molecule has 0 radical (unpaired) electrons. The summed E-state index contributed by atoms with van der Waals surface area (Å²) in [7, 11) is 4.35. The number of carbonyl (C=O) groups excluding carboxylic acids is 3. The Hall–Kier alpha value is -3.22. The number of esters is 1. The van der Waals surface area contributed by atoms with E-state index in [0.29, 0.717) is 0 Å². The zero-order chi connectivity index (χ0) is 18.4. The van der Waals surface area contributed by atoms with Gasteiger partial charge in [0.05, 0.1) is 12.7 Å². The summed E-state index contributed by atoms with van der Waals surface area (Å²) in [5.41, 5.74) is 0.739. The molecule has 0 spiro atoms. The molecule has 0 aliphatic rings. The summed E-state index contributed by atoms with van der Waals surface area (Å²) in [4.78, 5) is 43.3. The summed E-state index contributed by atoms with van der Waals surface area (Å²) in [5.74, 6) is -1.45. The van der Waals surface area contributed by atoms with Gasteiger partial charge in [0.15, 0.2) is 5.69 Å². The Morgan fingerprint density at radius 1 is 1.04 bits per heavy atom. The number of hydrogen-bond donors (Lipinski definition) is 0. The van der Waals surface area contributed by atoms with Gasteiger partial charge in [-0.3, -0.25) is 9.59 Å². The van der Waals surface area contributed by atoms with Crippen LogP contribution in [0.15, 0.2) is 48.7 Å². The minimum atomic E-state index is -0.704. The highest BCUT2D eigenvalue weighted by Gasteiger charge is 2.23. The lowest BCUT2D eigenvalue weighted by molar-refractivity contribution is -0.118. The summed E-state index contributed by atoms with van der Waals surface area (Å²) in [6.07, 6.45) is 1.40. The van der Waals surface area contributed by atoms with Crippen LogP contribution in [0.4, 0.5) is 5.69 Å². The highest BCUT2D eigenvalue weighted by molar-refractivity contribution is 6.05. The number of hydrogen-bond acceptors (Lipinski definition) is 5. The number of pyridine rings is 1. The van der Waals surface area contributed by atoms with Gasteiger partial charge < -0.3 is 14.5 Å². The number of likely N-dealkylation sites (N-methyl/N-ethyl adjacent to an activating group) is 2. The van der Waals surface area contributed by atoms with E-state index in [9.17, 15) is 14.4 Å². The first-order valence-corrected chi connectivity index (χ1v) is 7.56. The molecule has 1 aromatic carbocycles. The Morgan fingerprint density at radius 3 is 2.36 bits per heavy atom. The third kappa shape index (κ3) is 4.20. The van der Waals surface area contributed by atoms with Crippen molar-refractivity contribution >= 4 is 23.5 Å². The third-order valence-corrected chi connectivity index (χ3v) is 3.65. The zero-order valence-electron chi connectivity index (χ0n) is 14.3. The van der Waals surface area contributed by atoms with Gasteiger partial charge in [-0.1, -0.05) is 18.2 Å². The number of rotatable bonds is 5. The van der Waals surface area contributed by atoms with Gasteiger partial charge in [-0.25, -0.2) is 9.78 Å². The van der Waals surface area contributed by atoms with Crippen LogP contribution in [0, 0.1) is 0 Å². The standard InChI is InChI=1S/C18H19N3O4/c1-20(12-15(22)21(2)13-8-5-4-6-9-13)17(23)14-10-7-11-19-16(14)18(24)25-3/h4-11H,12H2,1-3H3. The smallest absolute Gasteiger partial charge is 0.357 e. The van der Waals surface area contributed by atoms with Gasteiger partial charge in [0.1, 0.15) is 6.54 Å². The Kier molecular flexibility index (Phi) is 5.84. The molecular weight excluding hydrogens is 322 g/mol. The molecule has 0 aliphatic carbocycles. The van der Waals surface area contributed by atoms with E-state index in [4.69, 9.17) is 0 Å². The fraction of sp³-hybridized carbons (Fsp3) is 0.222. The van der Waals surface area contributed by atoms with Crippen molar-refractivity contribution < 1.29 is 19.1 Å². The fourth-order valence-corrected chi connectivity index (χ4v) is 2.22. The minimum absolute atomic E-state index is 0.0780. The summed E-state index contributed by atoms with van der Waals surface area (Å²) in [6, 6.07) is 12.1. The number of amides is 2. The average Bonchev–Trinajstić information content (AvgIpc) is 2.66. The van der Waals surface area contributed by atoms with Crippen LogP contribution in [0.3, 0.4) is 0 Å². The minimum Gasteiger partial charge on any atom is -0.464 e. The highest BCUT2D eigenvalue weighted by Crippen LogP contribution is 2.13. The number of aromatic nitrogens is 1. The van der Waals surface area contributed by atoms with Crippen molar-refractivity contribution in [3.05, 3.63) is 59.9 Å². The molecule has 0 N–H and O–H groups in total. The average molecular weight is 341 g/mol. The van der Waals surface area contributed by atoms with Gasteiger partial charge in [-0.05, 0) is 24.3 Å². The van der Waals surface area contributed by atoms with Crippen molar-refractivity contribution in [2.24, 2.45) is 0 Å². The van der Waals surface area contributed by atoms with E-state index in [1.807, 2.05) is 18.2 Å². The molecule has 0 atom stereocenters. The molecule has 0 aliphatic heterocycles. The van der Waals surface area contributed by atoms with Gasteiger partial charge in [-0.2, -0.15) is 0 Å². The highest BCUT2D eigenvalue weighted by atomic mass is 16.5. The molecule has 0 bridgehead atoms. The maximum atomic E-state index is 12.6. The number of anilines is 1. The summed E-state index contributed by atoms with van der Waals surface area (Å²) >= 11 is 0. The molecule has 0 saturated carbocycles. The van der Waals surface area contributed by atoms with E-state index in [1.54, 1.807) is 25.2 Å². The predicted molar refractivity (Wildman–Crippen MR) is 92.4 cm³/mol. The van der Waals surface area contributed by atoms with Gasteiger partial charge >= 0.3 is 5.97 Å². The second-order valence-corrected chi connectivity index (χ2v) is 5.34. The van der Waals surface area contributed by atoms with Crippen LogP contribution in [0.1, 0.15) is 20.8 Å². The van der Waals surface area contributed by atoms with Gasteiger partial charge in [-0.15, -0.1) is 0 Å². The second kappa shape index (κ2) is 8.05. The molecule has 1 heterocycles. The molecule has 2 aromatic rings. The van der Waals surface area contributed by atoms with Crippen molar-refractivity contribution in [2.75, 3.05) is 32.6 Å². The van der Waals surface area contributed by atoms with Crippen LogP contribution in [-0.2, 0) is 9.53 Å². The van der Waals surface area contributed by atoms with Crippen LogP contribution in [-0.4, -0.2) is 55.4 Å². The Morgan fingerprint density at radius 2 is 1.72 bits per heavy atom. The van der Waals surface area contributed by atoms with Gasteiger partial charge in [0.2, 0.25) is 5.91 Å². The largest absolute Gasteiger partial charge is 0.464 e. The Balaban J connectivity index is 2.13. The molecule has 2 amide bonds. The number of carbonyl (C=O) groups is 3. The number of para-hydroxylation sites is 1. The van der Waals surface area contributed by atoms with E-state index in [2.05, 4.69) is 9.72 Å². The third-order valence-electron chi connectivity index (χ3n) is 3.65. The summed E-state index contributed by atoms with van der Waals surface area (Å²) < 4.78 is 4.64. The van der Waals surface area contributed by atoms with E-state index < -0.39 is 11.9 Å². The molecule has 7 heteroatoms. The maximum absolute atomic E-state index is 12.6. The Labute approximate surface area is 145 Å². The van der Waals surface area contributed by atoms with E-state index in [0.717, 1.165) is 5.69 Å². The molecule has 0 saturated heterocycles. The topological polar surface area (TPSA) is 79.8 Å². The lowest BCUT2D eigenvalue weighted by Gasteiger charge is -2.22. The number of benzene rings is 1. The van der Waals surface area contributed by atoms with Gasteiger partial charge in [0.25, 0.3) is 5.91 Å². The normalized spacial score (nSPS) is 10.0. The number of nitrogens with zero attached hydrogens (tertiary/aromatic N) is 3. The number of methoxy groups -OCH3 is 1. The molecular formula is C18H19N3O4. The first-order valence-electron chi connectivity index (χ1n) is 7.56. The van der Waals surface area contributed by atoms with Crippen LogP contribution in [0.25, 0.3) is 0 Å². The van der Waals surface area contributed by atoms with Crippen molar-refractivity contribution in [1.82, 2.24) is 9.88 Å². The fourth-order valence-electron chi connectivity index (χ4n) is 2.22. The molecule has 0 fully saturated rings. The lowest BCUT2D eigenvalue weighted by Crippen LogP contribution is -2.40. The SMILES string of the molecule is COC(=O)c1ncccc1C(=O)N(C)CC(=O)N(C)c1ccccc1. The van der Waals surface area contributed by atoms with Crippen molar-refractivity contribution in [3.8, 4) is 0 Å². The molecule has 130 valence electrons. The molecule has 0 unspecified atom stereocenters. The van der Waals surface area contributed by atoms with Crippen LogP contribution in [0.5, 0.6) is 0 Å². The molecule has 25 heavy (non-hydrogen) atoms. The lowest BCUT2D eigenvalue weighted by atomic mass is 10.1. The van der Waals surface area contributed by atoms with E-state index in [1.165, 1.54) is 36.2 Å². The van der Waals surface area contributed by atoms with E-state index in [-0.39, 0.29) is 23.7 Å². The number of ether oxygens (including phenoxy) is 1. The van der Waals surface area contributed by atoms with Crippen molar-refractivity contribution in [2.45, 2.75) is 0 Å². The first-order chi connectivity index (χ1) is 12.0. The first kappa shape index (κ1) is 18.1. The maximum Gasteiger partial charge on any atom is 0.357 e. The zero-order valence-corrected chi connectivity index (χ0v) is 14.3. The van der Waals surface area contributed by atoms with Crippen LogP contribution >= 0.6 is 0 Å². The van der Waals surface area contributed by atoms with Gasteiger partial charge in [0, 0.05) is 26.0 Å². The van der Waals surface area contributed by atoms with Crippen molar-refractivity contribution in [3.63, 3.8) is 0 Å². The Bertz CT molecular complexity index is 777. The quantitative estimate of drug-likeness (QED) is 0.772. The van der Waals surface area contributed by atoms with Crippen molar-refractivity contribution in [1.29, 1.82) is 0 Å². The van der Waals surface area contributed by atoms with Crippen LogP contribution in [0.2, 0.25) is 0 Å².